The number of hydrogen-bond acceptors (Lipinski definition) is 2. The molecule has 0 spiro atoms. The Hall–Kier alpha value is -1.87. The average molecular weight is 259 g/mol. The first-order valence-electron chi connectivity index (χ1n) is 6.33. The third kappa shape index (κ3) is 6.58. The number of benzene rings is 1. The van der Waals surface area contributed by atoms with Crippen LogP contribution in [0.4, 0.5) is 0 Å². The second-order valence-corrected chi connectivity index (χ2v) is 4.49. The minimum atomic E-state index is -0.109. The molecule has 0 fully saturated rings. The van der Waals surface area contributed by atoms with Gasteiger partial charge in [0.05, 0.1) is 13.2 Å². The van der Waals surface area contributed by atoms with Crippen LogP contribution in [-0.2, 0) is 9.53 Å². The summed E-state index contributed by atoms with van der Waals surface area (Å²) in [5.74, 6) is -0.109. The lowest BCUT2D eigenvalue weighted by Crippen LogP contribution is -2.25. The van der Waals surface area contributed by atoms with Gasteiger partial charge < -0.3 is 10.1 Å². The van der Waals surface area contributed by atoms with Gasteiger partial charge in [0.15, 0.2) is 0 Å². The summed E-state index contributed by atoms with van der Waals surface area (Å²) in [5, 5.41) is 2.77. The highest BCUT2D eigenvalue weighted by Gasteiger charge is 1.96. The molecule has 0 unspecified atom stereocenters. The lowest BCUT2D eigenvalue weighted by molar-refractivity contribution is -0.116. The third-order valence-corrected chi connectivity index (χ3v) is 2.50. The number of hydrogen-bond donors (Lipinski definition) is 1. The van der Waals surface area contributed by atoms with Crippen LogP contribution in [-0.4, -0.2) is 25.7 Å². The molecule has 0 saturated carbocycles. The zero-order chi connectivity index (χ0) is 14.1. The van der Waals surface area contributed by atoms with Crippen LogP contribution in [0.3, 0.4) is 0 Å². The summed E-state index contributed by atoms with van der Waals surface area (Å²) in [5.41, 5.74) is 3.18. The summed E-state index contributed by atoms with van der Waals surface area (Å²) in [6.07, 6.45) is 3.36. The molecule has 0 aromatic heterocycles. The molecule has 3 heteroatoms. The number of aryl methyl sites for hydroxylation is 1. The van der Waals surface area contributed by atoms with Gasteiger partial charge in [0.25, 0.3) is 0 Å². The van der Waals surface area contributed by atoms with Gasteiger partial charge >= 0.3 is 0 Å². The first kappa shape index (κ1) is 15.2. The van der Waals surface area contributed by atoms with E-state index in [0.717, 1.165) is 16.7 Å². The van der Waals surface area contributed by atoms with E-state index < -0.39 is 0 Å². The van der Waals surface area contributed by atoms with Crippen molar-refractivity contribution < 1.29 is 9.53 Å². The Morgan fingerprint density at radius 2 is 2.16 bits per heavy atom. The van der Waals surface area contributed by atoms with Crippen LogP contribution < -0.4 is 5.32 Å². The number of carbonyl (C=O) groups is 1. The Kier molecular flexibility index (Phi) is 6.61. The van der Waals surface area contributed by atoms with Gasteiger partial charge in [-0.2, -0.15) is 0 Å². The van der Waals surface area contributed by atoms with Crippen molar-refractivity contribution in [2.75, 3.05) is 19.8 Å². The maximum absolute atomic E-state index is 11.6. The Morgan fingerprint density at radius 1 is 1.42 bits per heavy atom. The molecule has 19 heavy (non-hydrogen) atoms. The van der Waals surface area contributed by atoms with Gasteiger partial charge in [0.1, 0.15) is 0 Å². The average Bonchev–Trinajstić information content (AvgIpc) is 2.37. The van der Waals surface area contributed by atoms with E-state index >= 15 is 0 Å². The van der Waals surface area contributed by atoms with Crippen molar-refractivity contribution in [2.24, 2.45) is 0 Å². The maximum Gasteiger partial charge on any atom is 0.244 e. The van der Waals surface area contributed by atoms with Gasteiger partial charge in [-0.15, -0.1) is 0 Å². The summed E-state index contributed by atoms with van der Waals surface area (Å²) in [6, 6.07) is 7.93. The molecule has 1 amide bonds. The molecular formula is C16H21NO2. The summed E-state index contributed by atoms with van der Waals surface area (Å²) in [4.78, 5) is 11.6. The van der Waals surface area contributed by atoms with Gasteiger partial charge in [0, 0.05) is 12.6 Å². The fourth-order valence-corrected chi connectivity index (χ4v) is 1.49. The van der Waals surface area contributed by atoms with Crippen molar-refractivity contribution in [1.82, 2.24) is 5.32 Å². The zero-order valence-corrected chi connectivity index (χ0v) is 11.6. The second-order valence-electron chi connectivity index (χ2n) is 4.49. The number of rotatable bonds is 7. The van der Waals surface area contributed by atoms with Crippen molar-refractivity contribution in [3.8, 4) is 0 Å². The molecule has 3 nitrogen and oxygen atoms in total. The van der Waals surface area contributed by atoms with Crippen molar-refractivity contribution >= 4 is 12.0 Å². The van der Waals surface area contributed by atoms with Crippen molar-refractivity contribution in [3.05, 3.63) is 53.6 Å². The molecule has 0 radical (unpaired) electrons. The highest BCUT2D eigenvalue weighted by atomic mass is 16.5. The fourth-order valence-electron chi connectivity index (χ4n) is 1.49. The van der Waals surface area contributed by atoms with Crippen LogP contribution in [0.15, 0.2) is 42.5 Å². The van der Waals surface area contributed by atoms with E-state index in [1.54, 1.807) is 6.08 Å². The van der Waals surface area contributed by atoms with E-state index in [9.17, 15) is 4.79 Å². The lowest BCUT2D eigenvalue weighted by atomic mass is 10.1. The Balaban J connectivity index is 2.28. The van der Waals surface area contributed by atoms with E-state index in [0.29, 0.717) is 19.8 Å². The van der Waals surface area contributed by atoms with Crippen LogP contribution in [0.25, 0.3) is 6.08 Å². The van der Waals surface area contributed by atoms with E-state index in [4.69, 9.17) is 4.74 Å². The number of nitrogens with one attached hydrogen (secondary N) is 1. The van der Waals surface area contributed by atoms with Crippen molar-refractivity contribution in [2.45, 2.75) is 13.8 Å². The van der Waals surface area contributed by atoms with Gasteiger partial charge in [0.2, 0.25) is 5.91 Å². The lowest BCUT2D eigenvalue weighted by Gasteiger charge is -2.04. The molecule has 0 aliphatic carbocycles. The molecule has 102 valence electrons. The fraction of sp³-hybridized carbons (Fsp3) is 0.312. The summed E-state index contributed by atoms with van der Waals surface area (Å²) >= 11 is 0. The standard InChI is InChI=1S/C16H21NO2/c1-13(2)12-19-11-10-17-16(18)9-8-15-7-5-4-6-14(15)3/h4-9H,1,10-12H2,2-3H3,(H,17,18)/b9-8+. The second kappa shape index (κ2) is 8.27. The van der Waals surface area contributed by atoms with Gasteiger partial charge in [-0.3, -0.25) is 4.79 Å². The molecule has 1 aromatic rings. The van der Waals surface area contributed by atoms with Crippen LogP contribution in [0, 0.1) is 6.92 Å². The van der Waals surface area contributed by atoms with Crippen LogP contribution in [0.5, 0.6) is 0 Å². The summed E-state index contributed by atoms with van der Waals surface area (Å²) < 4.78 is 5.29. The first-order valence-corrected chi connectivity index (χ1v) is 6.33. The van der Waals surface area contributed by atoms with E-state index in [2.05, 4.69) is 11.9 Å². The zero-order valence-electron chi connectivity index (χ0n) is 11.6. The Morgan fingerprint density at radius 3 is 2.84 bits per heavy atom. The van der Waals surface area contributed by atoms with Crippen LogP contribution in [0.2, 0.25) is 0 Å². The quantitative estimate of drug-likeness (QED) is 0.464. The molecule has 1 aromatic carbocycles. The predicted molar refractivity (Wildman–Crippen MR) is 78.9 cm³/mol. The topological polar surface area (TPSA) is 38.3 Å². The molecule has 0 atom stereocenters. The van der Waals surface area contributed by atoms with Gasteiger partial charge in [-0.25, -0.2) is 0 Å². The molecular weight excluding hydrogens is 238 g/mol. The minimum absolute atomic E-state index is 0.109. The smallest absolute Gasteiger partial charge is 0.244 e. The highest BCUT2D eigenvalue weighted by molar-refractivity contribution is 5.91. The monoisotopic (exact) mass is 259 g/mol. The molecule has 0 heterocycles. The van der Waals surface area contributed by atoms with E-state index in [-0.39, 0.29) is 5.91 Å². The minimum Gasteiger partial charge on any atom is -0.375 e. The SMILES string of the molecule is C=C(C)COCCNC(=O)/C=C/c1ccccc1C. The molecule has 0 saturated heterocycles. The maximum atomic E-state index is 11.6. The van der Waals surface area contributed by atoms with Crippen LogP contribution in [0.1, 0.15) is 18.1 Å². The van der Waals surface area contributed by atoms with Crippen molar-refractivity contribution in [3.63, 3.8) is 0 Å². The van der Waals surface area contributed by atoms with Gasteiger partial charge in [-0.1, -0.05) is 36.4 Å². The number of amides is 1. The number of carbonyl (C=O) groups excluding carboxylic acids is 1. The Labute approximate surface area is 115 Å². The van der Waals surface area contributed by atoms with Crippen molar-refractivity contribution in [1.29, 1.82) is 0 Å². The summed E-state index contributed by atoms with van der Waals surface area (Å²) in [7, 11) is 0. The van der Waals surface area contributed by atoms with E-state index in [1.807, 2.05) is 44.2 Å². The molecule has 1 rings (SSSR count). The Bertz CT molecular complexity index is 464. The molecule has 1 N–H and O–H groups in total. The predicted octanol–water partition coefficient (Wildman–Crippen LogP) is 2.72. The highest BCUT2D eigenvalue weighted by Crippen LogP contribution is 2.08. The first-order chi connectivity index (χ1) is 9.09. The number of ether oxygens (including phenoxy) is 1. The van der Waals surface area contributed by atoms with Gasteiger partial charge in [-0.05, 0) is 31.1 Å². The largest absolute Gasteiger partial charge is 0.375 e. The normalized spacial score (nSPS) is 10.6. The third-order valence-electron chi connectivity index (χ3n) is 2.50. The molecule has 0 aliphatic rings. The molecule has 0 aliphatic heterocycles. The molecule has 0 bridgehead atoms. The van der Waals surface area contributed by atoms with Crippen LogP contribution >= 0.6 is 0 Å². The summed E-state index contributed by atoms with van der Waals surface area (Å²) in [6.45, 7) is 9.20. The van der Waals surface area contributed by atoms with E-state index in [1.165, 1.54) is 0 Å².